The maximum atomic E-state index is 14.1. The minimum absolute atomic E-state index is 0.172. The summed E-state index contributed by atoms with van der Waals surface area (Å²) in [4.78, 5) is 16.2. The lowest BCUT2D eigenvalue weighted by molar-refractivity contribution is -0.0480. The molecule has 1 saturated heterocycles. The van der Waals surface area contributed by atoms with Crippen LogP contribution in [0.5, 0.6) is 0 Å². The first-order chi connectivity index (χ1) is 10.6. The van der Waals surface area contributed by atoms with E-state index in [4.69, 9.17) is 0 Å². The molecule has 1 unspecified atom stereocenters. The number of alkyl halides is 2. The van der Waals surface area contributed by atoms with Crippen LogP contribution in [0.15, 0.2) is 40.4 Å². The molecule has 3 rings (SSSR count). The van der Waals surface area contributed by atoms with Crippen LogP contribution in [0.2, 0.25) is 0 Å². The number of hydrogen-bond acceptors (Lipinski definition) is 3. The SMILES string of the molecule is O=c1ccc(C2CNCCC2(F)F)cn1CC1=NC=CCC1. The van der Waals surface area contributed by atoms with E-state index in [0.29, 0.717) is 18.7 Å². The number of halogens is 2. The van der Waals surface area contributed by atoms with Crippen molar-refractivity contribution in [2.24, 2.45) is 4.99 Å². The summed E-state index contributed by atoms with van der Waals surface area (Å²) in [6, 6.07) is 2.90. The highest BCUT2D eigenvalue weighted by atomic mass is 19.3. The number of hydrogen-bond donors (Lipinski definition) is 1. The van der Waals surface area contributed by atoms with Crippen molar-refractivity contribution in [2.75, 3.05) is 13.1 Å². The summed E-state index contributed by atoms with van der Waals surface area (Å²) in [6.07, 6.45) is 6.79. The molecule has 0 aromatic carbocycles. The van der Waals surface area contributed by atoms with Crippen molar-refractivity contribution < 1.29 is 8.78 Å². The molecule has 118 valence electrons. The minimum Gasteiger partial charge on any atom is -0.316 e. The molecule has 4 nitrogen and oxygen atoms in total. The van der Waals surface area contributed by atoms with Gasteiger partial charge in [-0.2, -0.15) is 0 Å². The summed E-state index contributed by atoms with van der Waals surface area (Å²) in [5.41, 5.74) is 1.21. The monoisotopic (exact) mass is 307 g/mol. The lowest BCUT2D eigenvalue weighted by Crippen LogP contribution is -2.43. The molecule has 22 heavy (non-hydrogen) atoms. The quantitative estimate of drug-likeness (QED) is 0.931. The molecule has 1 N–H and O–H groups in total. The summed E-state index contributed by atoms with van der Waals surface area (Å²) >= 11 is 0. The standard InChI is InChI=1S/C16H19F2N3O/c17-16(18)6-8-19-9-14(16)12-4-5-15(22)21(10-12)11-13-3-1-2-7-20-13/h2,4-5,7,10,14,19H,1,3,6,8-9,11H2. The molecule has 0 bridgehead atoms. The molecule has 0 aliphatic carbocycles. The van der Waals surface area contributed by atoms with Crippen LogP contribution < -0.4 is 10.9 Å². The summed E-state index contributed by atoms with van der Waals surface area (Å²) in [7, 11) is 0. The Morgan fingerprint density at radius 1 is 1.41 bits per heavy atom. The summed E-state index contributed by atoms with van der Waals surface area (Å²) in [5.74, 6) is -3.63. The van der Waals surface area contributed by atoms with Gasteiger partial charge in [-0.25, -0.2) is 8.78 Å². The van der Waals surface area contributed by atoms with Crippen LogP contribution in [0.25, 0.3) is 0 Å². The van der Waals surface area contributed by atoms with Gasteiger partial charge in [-0.3, -0.25) is 9.79 Å². The van der Waals surface area contributed by atoms with Gasteiger partial charge < -0.3 is 9.88 Å². The average Bonchev–Trinajstić information content (AvgIpc) is 2.50. The maximum absolute atomic E-state index is 14.1. The highest BCUT2D eigenvalue weighted by molar-refractivity contribution is 5.85. The number of aliphatic imine (C=N–C) groups is 1. The maximum Gasteiger partial charge on any atom is 0.257 e. The minimum atomic E-state index is -2.74. The zero-order valence-electron chi connectivity index (χ0n) is 12.3. The van der Waals surface area contributed by atoms with Gasteiger partial charge in [-0.05, 0) is 18.4 Å². The molecule has 0 amide bonds. The van der Waals surface area contributed by atoms with Crippen LogP contribution in [0, 0.1) is 0 Å². The Morgan fingerprint density at radius 2 is 2.27 bits per heavy atom. The van der Waals surface area contributed by atoms with Gasteiger partial charge in [0.2, 0.25) is 0 Å². The van der Waals surface area contributed by atoms with Crippen LogP contribution in [-0.4, -0.2) is 29.3 Å². The fourth-order valence-corrected chi connectivity index (χ4v) is 2.93. The van der Waals surface area contributed by atoms with Crippen molar-refractivity contribution in [1.82, 2.24) is 9.88 Å². The average molecular weight is 307 g/mol. The molecule has 2 aliphatic heterocycles. The van der Waals surface area contributed by atoms with Gasteiger partial charge in [0.05, 0.1) is 12.5 Å². The third kappa shape index (κ3) is 3.16. The van der Waals surface area contributed by atoms with E-state index < -0.39 is 11.8 Å². The Hall–Kier alpha value is -1.82. The largest absolute Gasteiger partial charge is 0.316 e. The van der Waals surface area contributed by atoms with Gasteiger partial charge in [0.1, 0.15) is 0 Å². The normalized spacial score (nSPS) is 24.1. The number of rotatable bonds is 3. The van der Waals surface area contributed by atoms with Gasteiger partial charge in [0.25, 0.3) is 11.5 Å². The number of nitrogens with zero attached hydrogens (tertiary/aromatic N) is 2. The molecule has 1 atom stereocenters. The van der Waals surface area contributed by atoms with Crippen molar-refractivity contribution in [3.05, 3.63) is 46.5 Å². The van der Waals surface area contributed by atoms with Gasteiger partial charge in [0.15, 0.2) is 0 Å². The van der Waals surface area contributed by atoms with Gasteiger partial charge in [-0.15, -0.1) is 0 Å². The zero-order valence-corrected chi connectivity index (χ0v) is 12.3. The Labute approximate surface area is 127 Å². The molecule has 3 heterocycles. The first-order valence-electron chi connectivity index (χ1n) is 7.56. The molecule has 2 aliphatic rings. The number of nitrogens with one attached hydrogen (secondary N) is 1. The van der Waals surface area contributed by atoms with Crippen LogP contribution in [0.1, 0.15) is 30.7 Å². The van der Waals surface area contributed by atoms with Crippen molar-refractivity contribution in [1.29, 1.82) is 0 Å². The van der Waals surface area contributed by atoms with E-state index in [0.717, 1.165) is 18.6 Å². The van der Waals surface area contributed by atoms with E-state index in [-0.39, 0.29) is 18.5 Å². The van der Waals surface area contributed by atoms with E-state index in [2.05, 4.69) is 10.3 Å². The van der Waals surface area contributed by atoms with E-state index in [1.807, 2.05) is 6.08 Å². The van der Waals surface area contributed by atoms with E-state index in [9.17, 15) is 13.6 Å². The second-order valence-electron chi connectivity index (χ2n) is 5.82. The second kappa shape index (κ2) is 6.12. The lowest BCUT2D eigenvalue weighted by Gasteiger charge is -2.32. The number of allylic oxidation sites excluding steroid dienone is 1. The van der Waals surface area contributed by atoms with Crippen molar-refractivity contribution >= 4 is 5.71 Å². The fraction of sp³-hybridized carbons (Fsp3) is 0.500. The summed E-state index contributed by atoms with van der Waals surface area (Å²) in [5, 5.41) is 3.00. The molecular formula is C16H19F2N3O. The molecule has 0 spiro atoms. The van der Waals surface area contributed by atoms with Gasteiger partial charge >= 0.3 is 0 Å². The van der Waals surface area contributed by atoms with Crippen LogP contribution in [0.3, 0.4) is 0 Å². The number of aromatic nitrogens is 1. The number of piperidine rings is 1. The molecule has 1 fully saturated rings. The highest BCUT2D eigenvalue weighted by Crippen LogP contribution is 2.37. The Bertz CT molecular complexity index is 664. The number of pyridine rings is 1. The third-order valence-corrected chi connectivity index (χ3v) is 4.22. The van der Waals surface area contributed by atoms with Gasteiger partial charge in [0, 0.05) is 43.7 Å². The van der Waals surface area contributed by atoms with Crippen molar-refractivity contribution in [3.8, 4) is 0 Å². The predicted molar refractivity (Wildman–Crippen MR) is 81.7 cm³/mol. The Balaban J connectivity index is 1.87. The lowest BCUT2D eigenvalue weighted by atomic mass is 9.89. The van der Waals surface area contributed by atoms with Gasteiger partial charge in [-0.1, -0.05) is 12.1 Å². The second-order valence-corrected chi connectivity index (χ2v) is 5.82. The first kappa shape index (κ1) is 15.1. The molecule has 1 aromatic heterocycles. The molecule has 1 aromatic rings. The van der Waals surface area contributed by atoms with Crippen LogP contribution in [0.4, 0.5) is 8.78 Å². The highest BCUT2D eigenvalue weighted by Gasteiger charge is 2.42. The topological polar surface area (TPSA) is 46.4 Å². The molecule has 0 saturated carbocycles. The van der Waals surface area contributed by atoms with Crippen molar-refractivity contribution in [3.63, 3.8) is 0 Å². The van der Waals surface area contributed by atoms with E-state index in [1.165, 1.54) is 16.7 Å². The molecule has 0 radical (unpaired) electrons. The summed E-state index contributed by atoms with van der Waals surface area (Å²) < 4.78 is 29.7. The zero-order chi connectivity index (χ0) is 15.6. The molecule has 6 heteroatoms. The third-order valence-electron chi connectivity index (χ3n) is 4.22. The predicted octanol–water partition coefficient (Wildman–Crippen LogP) is 2.31. The Morgan fingerprint density at radius 3 is 3.00 bits per heavy atom. The first-order valence-corrected chi connectivity index (χ1v) is 7.56. The van der Waals surface area contributed by atoms with E-state index >= 15 is 0 Å². The van der Waals surface area contributed by atoms with Crippen LogP contribution in [-0.2, 0) is 6.54 Å². The summed E-state index contributed by atoms with van der Waals surface area (Å²) in [6.45, 7) is 0.921. The molecular weight excluding hydrogens is 288 g/mol. The fourth-order valence-electron chi connectivity index (χ4n) is 2.93. The van der Waals surface area contributed by atoms with Crippen molar-refractivity contribution in [2.45, 2.75) is 37.6 Å². The smallest absolute Gasteiger partial charge is 0.257 e. The van der Waals surface area contributed by atoms with E-state index in [1.54, 1.807) is 12.4 Å². The van der Waals surface area contributed by atoms with Crippen LogP contribution >= 0.6 is 0 Å². The Kier molecular flexibility index (Phi) is 4.20.